The van der Waals surface area contributed by atoms with E-state index in [1.165, 1.54) is 11.3 Å². The van der Waals surface area contributed by atoms with Crippen molar-refractivity contribution in [2.45, 2.75) is 0 Å². The molecule has 0 radical (unpaired) electrons. The van der Waals surface area contributed by atoms with Gasteiger partial charge in [-0.3, -0.25) is 4.79 Å². The van der Waals surface area contributed by atoms with Gasteiger partial charge < -0.3 is 5.73 Å². The van der Waals surface area contributed by atoms with E-state index in [0.717, 1.165) is 16.2 Å². The summed E-state index contributed by atoms with van der Waals surface area (Å²) in [4.78, 5) is 12.4. The van der Waals surface area contributed by atoms with Gasteiger partial charge in [-0.25, -0.2) is 8.78 Å². The topological polar surface area (TPSA) is 43.1 Å². The largest absolute Gasteiger partial charge is 0.396 e. The second-order valence-corrected chi connectivity index (χ2v) is 5.24. The van der Waals surface area contributed by atoms with Crippen LogP contribution in [0.1, 0.15) is 15.9 Å². The molecular weight excluding hydrogens is 280 g/mol. The van der Waals surface area contributed by atoms with Crippen LogP contribution in [0.2, 0.25) is 0 Å². The van der Waals surface area contributed by atoms with Crippen LogP contribution >= 0.6 is 11.3 Å². The zero-order chi connectivity index (χ0) is 14.3. The van der Waals surface area contributed by atoms with Crippen molar-refractivity contribution in [2.24, 2.45) is 0 Å². The lowest BCUT2D eigenvalue weighted by Crippen LogP contribution is -2.06. The summed E-state index contributed by atoms with van der Waals surface area (Å²) in [6, 6.07) is 9.03. The number of ketones is 1. The van der Waals surface area contributed by atoms with Crippen LogP contribution in [0.5, 0.6) is 0 Å². The number of rotatable bonds is 2. The number of hydrogen-bond donors (Lipinski definition) is 1. The maximum atomic E-state index is 13.8. The molecule has 0 atom stereocenters. The molecule has 0 bridgehead atoms. The monoisotopic (exact) mass is 289 g/mol. The summed E-state index contributed by atoms with van der Waals surface area (Å²) in [5.41, 5.74) is 5.34. The summed E-state index contributed by atoms with van der Waals surface area (Å²) in [5.74, 6) is -2.27. The second-order valence-electron chi connectivity index (χ2n) is 4.33. The summed E-state index contributed by atoms with van der Waals surface area (Å²) in [6.45, 7) is 0. The van der Waals surface area contributed by atoms with Crippen molar-refractivity contribution in [3.05, 3.63) is 64.5 Å². The highest BCUT2D eigenvalue weighted by molar-refractivity contribution is 7.17. The number of anilines is 1. The van der Waals surface area contributed by atoms with Gasteiger partial charge >= 0.3 is 0 Å². The lowest BCUT2D eigenvalue weighted by Gasteiger charge is -2.04. The Morgan fingerprint density at radius 3 is 2.60 bits per heavy atom. The summed E-state index contributed by atoms with van der Waals surface area (Å²) < 4.78 is 27.8. The molecule has 2 N–H and O–H groups in total. The number of fused-ring (bicyclic) bond motifs is 1. The fourth-order valence-corrected chi connectivity index (χ4v) is 2.98. The maximum absolute atomic E-state index is 13.8. The Kier molecular flexibility index (Phi) is 2.99. The van der Waals surface area contributed by atoms with Gasteiger partial charge in [-0.2, -0.15) is 0 Å². The molecule has 100 valence electrons. The van der Waals surface area contributed by atoms with Crippen molar-refractivity contribution in [3.8, 4) is 0 Å². The molecule has 0 fully saturated rings. The van der Waals surface area contributed by atoms with E-state index in [4.69, 9.17) is 5.73 Å². The van der Waals surface area contributed by atoms with Gasteiger partial charge in [0.25, 0.3) is 0 Å². The predicted molar refractivity (Wildman–Crippen MR) is 76.0 cm³/mol. The van der Waals surface area contributed by atoms with Crippen LogP contribution in [0.15, 0.2) is 41.8 Å². The molecule has 0 saturated heterocycles. The summed E-state index contributed by atoms with van der Waals surface area (Å²) in [7, 11) is 0. The minimum Gasteiger partial charge on any atom is -0.396 e. The van der Waals surface area contributed by atoms with Crippen LogP contribution in [-0.2, 0) is 0 Å². The average Bonchev–Trinajstić information content (AvgIpc) is 2.86. The molecule has 0 aliphatic carbocycles. The molecular formula is C15H9F2NOS. The van der Waals surface area contributed by atoms with Crippen molar-refractivity contribution in [1.82, 2.24) is 0 Å². The third kappa shape index (κ3) is 1.96. The number of halogens is 2. The van der Waals surface area contributed by atoms with Crippen LogP contribution in [0.3, 0.4) is 0 Å². The van der Waals surface area contributed by atoms with E-state index in [9.17, 15) is 13.6 Å². The van der Waals surface area contributed by atoms with Crippen LogP contribution in [0, 0.1) is 11.6 Å². The van der Waals surface area contributed by atoms with Crippen molar-refractivity contribution < 1.29 is 13.6 Å². The number of nitrogen functional groups attached to an aromatic ring is 1. The van der Waals surface area contributed by atoms with Gasteiger partial charge in [0, 0.05) is 27.1 Å². The molecule has 0 saturated carbocycles. The number of benzene rings is 2. The maximum Gasteiger partial charge on any atom is 0.197 e. The molecule has 0 aliphatic heterocycles. The number of nitrogens with two attached hydrogens (primary N) is 1. The second kappa shape index (κ2) is 4.68. The molecule has 2 aromatic carbocycles. The number of hydrogen-bond acceptors (Lipinski definition) is 3. The van der Waals surface area contributed by atoms with E-state index >= 15 is 0 Å². The average molecular weight is 289 g/mol. The first-order valence-corrected chi connectivity index (χ1v) is 6.71. The number of carbonyl (C=O) groups is 1. The standard InChI is InChI=1S/C15H9F2NOS/c16-11-6-12(17)13(18)5-9(11)15(19)10-7-20-14-4-2-1-3-8(10)14/h1-7H,18H2. The molecule has 0 spiro atoms. The smallest absolute Gasteiger partial charge is 0.197 e. The fraction of sp³-hybridized carbons (Fsp3) is 0. The van der Waals surface area contributed by atoms with Gasteiger partial charge in [-0.15, -0.1) is 11.3 Å². The minimum absolute atomic E-state index is 0.215. The van der Waals surface area contributed by atoms with Crippen molar-refractivity contribution in [1.29, 1.82) is 0 Å². The lowest BCUT2D eigenvalue weighted by molar-refractivity contribution is 0.103. The first kappa shape index (κ1) is 12.7. The summed E-state index contributed by atoms with van der Waals surface area (Å²) in [6.07, 6.45) is 0. The molecule has 0 aliphatic rings. The SMILES string of the molecule is Nc1cc(C(=O)c2csc3ccccc23)c(F)cc1F. The Labute approximate surface area is 117 Å². The molecule has 2 nitrogen and oxygen atoms in total. The van der Waals surface area contributed by atoms with Crippen LogP contribution in [0.25, 0.3) is 10.1 Å². The molecule has 1 aromatic heterocycles. The fourth-order valence-electron chi connectivity index (χ4n) is 2.04. The molecule has 3 aromatic rings. The Hall–Kier alpha value is -2.27. The van der Waals surface area contributed by atoms with E-state index in [-0.39, 0.29) is 11.3 Å². The Bertz CT molecular complexity index is 826. The molecule has 0 amide bonds. The van der Waals surface area contributed by atoms with Crippen molar-refractivity contribution >= 4 is 32.9 Å². The highest BCUT2D eigenvalue weighted by Gasteiger charge is 2.19. The highest BCUT2D eigenvalue weighted by atomic mass is 32.1. The molecule has 3 rings (SSSR count). The van der Waals surface area contributed by atoms with Gasteiger partial charge in [0.05, 0.1) is 11.3 Å². The van der Waals surface area contributed by atoms with Gasteiger partial charge in [0.2, 0.25) is 0 Å². The molecule has 5 heteroatoms. The Morgan fingerprint density at radius 1 is 1.05 bits per heavy atom. The van der Waals surface area contributed by atoms with Crippen LogP contribution in [-0.4, -0.2) is 5.78 Å². The number of thiophene rings is 1. The van der Waals surface area contributed by atoms with E-state index in [1.807, 2.05) is 12.1 Å². The first-order chi connectivity index (χ1) is 9.58. The first-order valence-electron chi connectivity index (χ1n) is 5.83. The summed E-state index contributed by atoms with van der Waals surface area (Å²) >= 11 is 1.40. The van der Waals surface area contributed by atoms with E-state index in [1.54, 1.807) is 17.5 Å². The minimum atomic E-state index is -0.906. The summed E-state index contributed by atoms with van der Waals surface area (Å²) in [5, 5.41) is 2.43. The highest BCUT2D eigenvalue weighted by Crippen LogP contribution is 2.29. The van der Waals surface area contributed by atoms with Gasteiger partial charge in [-0.05, 0) is 12.1 Å². The third-order valence-corrected chi connectivity index (χ3v) is 4.02. The predicted octanol–water partition coefficient (Wildman–Crippen LogP) is 3.99. The third-order valence-electron chi connectivity index (χ3n) is 3.06. The van der Waals surface area contributed by atoms with Crippen LogP contribution < -0.4 is 5.73 Å². The quantitative estimate of drug-likeness (QED) is 0.572. The zero-order valence-corrected chi connectivity index (χ0v) is 11.0. The van der Waals surface area contributed by atoms with Crippen molar-refractivity contribution in [2.75, 3.05) is 5.73 Å². The number of carbonyl (C=O) groups excluding carboxylic acids is 1. The molecule has 0 unspecified atom stereocenters. The Morgan fingerprint density at radius 2 is 1.80 bits per heavy atom. The normalized spacial score (nSPS) is 10.9. The van der Waals surface area contributed by atoms with Gasteiger partial charge in [0.1, 0.15) is 11.6 Å². The van der Waals surface area contributed by atoms with Crippen LogP contribution in [0.4, 0.5) is 14.5 Å². The van der Waals surface area contributed by atoms with Gasteiger partial charge in [-0.1, -0.05) is 18.2 Å². The zero-order valence-electron chi connectivity index (χ0n) is 10.2. The van der Waals surface area contributed by atoms with E-state index < -0.39 is 17.4 Å². The van der Waals surface area contributed by atoms with E-state index in [0.29, 0.717) is 11.6 Å². The molecule has 20 heavy (non-hydrogen) atoms. The Balaban J connectivity index is 2.16. The van der Waals surface area contributed by atoms with Crippen molar-refractivity contribution in [3.63, 3.8) is 0 Å². The lowest BCUT2D eigenvalue weighted by atomic mass is 10.0. The van der Waals surface area contributed by atoms with E-state index in [2.05, 4.69) is 0 Å². The molecule has 1 heterocycles. The van der Waals surface area contributed by atoms with Gasteiger partial charge in [0.15, 0.2) is 5.78 Å².